The minimum Gasteiger partial charge on any atom is -0.497 e. The van der Waals surface area contributed by atoms with Crippen LogP contribution in [0.15, 0.2) is 18.2 Å². The average molecular weight is 246 g/mol. The molecule has 0 bridgehead atoms. The molecule has 0 spiro atoms. The van der Waals surface area contributed by atoms with Gasteiger partial charge in [0.2, 0.25) is 0 Å². The van der Waals surface area contributed by atoms with E-state index in [4.69, 9.17) is 4.74 Å². The molecule has 17 heavy (non-hydrogen) atoms. The Morgan fingerprint density at radius 2 is 2.06 bits per heavy atom. The first-order chi connectivity index (χ1) is 7.91. The van der Waals surface area contributed by atoms with Crippen molar-refractivity contribution >= 4 is 11.7 Å². The van der Waals surface area contributed by atoms with Gasteiger partial charge in [-0.15, -0.1) is 0 Å². The predicted octanol–water partition coefficient (Wildman–Crippen LogP) is 2.43. The quantitative estimate of drug-likeness (QED) is 0.799. The fourth-order valence-electron chi connectivity index (χ4n) is 1.65. The Morgan fingerprint density at radius 1 is 1.35 bits per heavy atom. The number of halogens is 3. The molecular formula is C10H9F3N2O2. The van der Waals surface area contributed by atoms with Crippen LogP contribution in [0.3, 0.4) is 0 Å². The van der Waals surface area contributed by atoms with Crippen molar-refractivity contribution in [3.63, 3.8) is 0 Å². The average Bonchev–Trinajstić information content (AvgIpc) is 2.26. The zero-order valence-electron chi connectivity index (χ0n) is 8.76. The van der Waals surface area contributed by atoms with E-state index in [0.717, 1.165) is 0 Å². The molecule has 2 amide bonds. The summed E-state index contributed by atoms with van der Waals surface area (Å²) in [5.74, 6) is 0.302. The molecule has 4 nitrogen and oxygen atoms in total. The lowest BCUT2D eigenvalue weighted by Gasteiger charge is -2.29. The second-order valence-corrected chi connectivity index (χ2v) is 3.53. The van der Waals surface area contributed by atoms with Gasteiger partial charge in [0.05, 0.1) is 7.11 Å². The van der Waals surface area contributed by atoms with E-state index in [1.807, 2.05) is 5.32 Å². The number of hydrogen-bond acceptors (Lipinski definition) is 2. The van der Waals surface area contributed by atoms with Crippen LogP contribution in [-0.4, -0.2) is 19.3 Å². The number of carbonyl (C=O) groups excluding carboxylic acids is 1. The molecule has 1 atom stereocenters. The Balaban J connectivity index is 2.50. The monoisotopic (exact) mass is 246 g/mol. The van der Waals surface area contributed by atoms with Crippen molar-refractivity contribution in [2.24, 2.45) is 0 Å². The molecule has 2 N–H and O–H groups in total. The molecule has 0 radical (unpaired) electrons. The third-order valence-corrected chi connectivity index (χ3v) is 2.42. The first-order valence-corrected chi connectivity index (χ1v) is 4.74. The van der Waals surface area contributed by atoms with Crippen LogP contribution in [0, 0.1) is 0 Å². The normalized spacial score (nSPS) is 19.1. The summed E-state index contributed by atoms with van der Waals surface area (Å²) in [5, 5.41) is 4.14. The van der Waals surface area contributed by atoms with Gasteiger partial charge in [0.15, 0.2) is 6.04 Å². The van der Waals surface area contributed by atoms with Gasteiger partial charge in [-0.3, -0.25) is 0 Å². The second-order valence-electron chi connectivity index (χ2n) is 3.53. The third kappa shape index (κ3) is 2.13. The molecule has 0 aliphatic carbocycles. The molecule has 7 heteroatoms. The molecule has 1 aromatic rings. The second kappa shape index (κ2) is 3.83. The topological polar surface area (TPSA) is 50.4 Å². The molecule has 1 aliphatic rings. The number of anilines is 1. The van der Waals surface area contributed by atoms with Crippen LogP contribution in [-0.2, 0) is 0 Å². The van der Waals surface area contributed by atoms with Crippen LogP contribution in [0.5, 0.6) is 5.75 Å². The van der Waals surface area contributed by atoms with Gasteiger partial charge in [-0.2, -0.15) is 13.2 Å². The maximum Gasteiger partial charge on any atom is 0.413 e. The van der Waals surface area contributed by atoms with Gasteiger partial charge in [0.1, 0.15) is 5.75 Å². The molecule has 0 saturated carbocycles. The first kappa shape index (κ1) is 11.6. The minimum absolute atomic E-state index is 0.0588. The fraction of sp³-hybridized carbons (Fsp3) is 0.300. The zero-order valence-corrected chi connectivity index (χ0v) is 8.76. The molecule has 0 fully saturated rings. The minimum atomic E-state index is -4.54. The van der Waals surface area contributed by atoms with Crippen molar-refractivity contribution in [2.45, 2.75) is 12.2 Å². The Morgan fingerprint density at radius 3 is 2.65 bits per heavy atom. The molecule has 0 aromatic heterocycles. The van der Waals surface area contributed by atoms with E-state index in [-0.39, 0.29) is 11.3 Å². The van der Waals surface area contributed by atoms with E-state index in [1.165, 1.54) is 25.3 Å². The number of urea groups is 1. The Kier molecular flexibility index (Phi) is 2.60. The SMILES string of the molecule is COc1ccc2c(c1)C(C(F)(F)F)NC(=O)N2. The van der Waals surface area contributed by atoms with Gasteiger partial charge in [-0.25, -0.2) is 4.79 Å². The van der Waals surface area contributed by atoms with Gasteiger partial charge < -0.3 is 15.4 Å². The van der Waals surface area contributed by atoms with Crippen LogP contribution >= 0.6 is 0 Å². The van der Waals surface area contributed by atoms with Crippen LogP contribution < -0.4 is 15.4 Å². The predicted molar refractivity (Wildman–Crippen MR) is 53.9 cm³/mol. The van der Waals surface area contributed by atoms with E-state index < -0.39 is 18.2 Å². The Hall–Kier alpha value is -1.92. The number of hydrogen-bond donors (Lipinski definition) is 2. The number of methoxy groups -OCH3 is 1. The van der Waals surface area contributed by atoms with Crippen LogP contribution in [0.25, 0.3) is 0 Å². The number of rotatable bonds is 1. The number of benzene rings is 1. The van der Waals surface area contributed by atoms with E-state index in [1.54, 1.807) is 0 Å². The van der Waals surface area contributed by atoms with Gasteiger partial charge in [0.25, 0.3) is 0 Å². The van der Waals surface area contributed by atoms with Gasteiger partial charge in [-0.05, 0) is 18.2 Å². The van der Waals surface area contributed by atoms with E-state index in [0.29, 0.717) is 5.75 Å². The number of amides is 2. The largest absolute Gasteiger partial charge is 0.497 e. The molecular weight excluding hydrogens is 237 g/mol. The van der Waals surface area contributed by atoms with Crippen molar-refractivity contribution in [1.29, 1.82) is 0 Å². The highest BCUT2D eigenvalue weighted by Gasteiger charge is 2.45. The molecule has 92 valence electrons. The summed E-state index contributed by atoms with van der Waals surface area (Å²) in [6.07, 6.45) is -4.54. The van der Waals surface area contributed by atoms with Gasteiger partial charge >= 0.3 is 12.2 Å². The lowest BCUT2D eigenvalue weighted by atomic mass is 10.0. The molecule has 1 unspecified atom stereocenters. The van der Waals surface area contributed by atoms with Crippen LogP contribution in [0.2, 0.25) is 0 Å². The standard InChI is InChI=1S/C10H9F3N2O2/c1-17-5-2-3-7-6(4-5)8(10(11,12)13)15-9(16)14-7/h2-4,8H,1H3,(H2,14,15,16). The highest BCUT2D eigenvalue weighted by Crippen LogP contribution is 2.39. The number of alkyl halides is 3. The maximum atomic E-state index is 12.7. The van der Waals surface area contributed by atoms with E-state index >= 15 is 0 Å². The van der Waals surface area contributed by atoms with Crippen molar-refractivity contribution in [2.75, 3.05) is 12.4 Å². The number of fused-ring (bicyclic) bond motifs is 1. The Bertz CT molecular complexity index is 459. The van der Waals surface area contributed by atoms with Crippen molar-refractivity contribution < 1.29 is 22.7 Å². The smallest absolute Gasteiger partial charge is 0.413 e. The lowest BCUT2D eigenvalue weighted by molar-refractivity contribution is -0.155. The summed E-state index contributed by atoms with van der Waals surface area (Å²) in [4.78, 5) is 11.1. The van der Waals surface area contributed by atoms with Gasteiger partial charge in [0, 0.05) is 11.3 Å². The number of carbonyl (C=O) groups is 1. The summed E-state index contributed by atoms with van der Waals surface area (Å²) >= 11 is 0. The summed E-state index contributed by atoms with van der Waals surface area (Å²) in [7, 11) is 1.36. The maximum absolute atomic E-state index is 12.7. The third-order valence-electron chi connectivity index (χ3n) is 2.42. The molecule has 1 heterocycles. The molecule has 2 rings (SSSR count). The summed E-state index contributed by atoms with van der Waals surface area (Å²) in [6, 6.07) is 1.23. The van der Waals surface area contributed by atoms with Gasteiger partial charge in [-0.1, -0.05) is 0 Å². The lowest BCUT2D eigenvalue weighted by Crippen LogP contribution is -2.44. The summed E-state index contributed by atoms with van der Waals surface area (Å²) < 4.78 is 43.1. The van der Waals surface area contributed by atoms with Crippen molar-refractivity contribution in [3.8, 4) is 5.75 Å². The number of ether oxygens (including phenoxy) is 1. The van der Waals surface area contributed by atoms with Crippen molar-refractivity contribution in [3.05, 3.63) is 23.8 Å². The molecule has 0 saturated heterocycles. The molecule has 1 aromatic carbocycles. The van der Waals surface area contributed by atoms with E-state index in [2.05, 4.69) is 5.32 Å². The van der Waals surface area contributed by atoms with Crippen molar-refractivity contribution in [1.82, 2.24) is 5.32 Å². The summed E-state index contributed by atoms with van der Waals surface area (Å²) in [5.41, 5.74) is 0.0772. The highest BCUT2D eigenvalue weighted by molar-refractivity contribution is 5.93. The fourth-order valence-corrected chi connectivity index (χ4v) is 1.65. The molecule has 1 aliphatic heterocycles. The van der Waals surface area contributed by atoms with E-state index in [9.17, 15) is 18.0 Å². The van der Waals surface area contributed by atoms with Crippen LogP contribution in [0.4, 0.5) is 23.7 Å². The Labute approximate surface area is 94.8 Å². The van der Waals surface area contributed by atoms with Crippen LogP contribution in [0.1, 0.15) is 11.6 Å². The highest BCUT2D eigenvalue weighted by atomic mass is 19.4. The summed E-state index contributed by atoms with van der Waals surface area (Å²) in [6.45, 7) is 0. The first-order valence-electron chi connectivity index (χ1n) is 4.74. The number of nitrogens with one attached hydrogen (secondary N) is 2. The zero-order chi connectivity index (χ0) is 12.6.